The van der Waals surface area contributed by atoms with Gasteiger partial charge in [-0.1, -0.05) is 28.1 Å². The number of nitrogens with zero attached hydrogens (tertiary/aromatic N) is 2. The fourth-order valence-corrected chi connectivity index (χ4v) is 3.03. The van der Waals surface area contributed by atoms with Crippen LogP contribution in [-0.2, 0) is 0 Å². The van der Waals surface area contributed by atoms with Gasteiger partial charge in [-0.25, -0.2) is 9.78 Å². The molecule has 0 unspecified atom stereocenters. The monoisotopic (exact) mass is 424 g/mol. The van der Waals surface area contributed by atoms with Crippen LogP contribution in [0.3, 0.4) is 0 Å². The van der Waals surface area contributed by atoms with Gasteiger partial charge in [0.25, 0.3) is 5.56 Å². The summed E-state index contributed by atoms with van der Waals surface area (Å²) in [7, 11) is 0. The number of benzene rings is 2. The maximum Gasteiger partial charge on any atom is 0.345 e. The van der Waals surface area contributed by atoms with E-state index in [9.17, 15) is 9.59 Å². The lowest BCUT2D eigenvalue weighted by Crippen LogP contribution is -2.17. The number of aromatic nitrogens is 2. The predicted molar refractivity (Wildman–Crippen MR) is 108 cm³/mol. The van der Waals surface area contributed by atoms with E-state index in [1.807, 2.05) is 18.2 Å². The van der Waals surface area contributed by atoms with E-state index in [2.05, 4.69) is 36.4 Å². The number of hydrogen-bond donors (Lipinski definition) is 2. The second kappa shape index (κ2) is 6.81. The van der Waals surface area contributed by atoms with Crippen molar-refractivity contribution < 1.29 is 4.42 Å². The van der Waals surface area contributed by atoms with Gasteiger partial charge in [0.05, 0.1) is 22.3 Å². The highest BCUT2D eigenvalue weighted by molar-refractivity contribution is 9.10. The quantitative estimate of drug-likeness (QED) is 0.297. The number of rotatable bonds is 3. The average molecular weight is 425 g/mol. The summed E-state index contributed by atoms with van der Waals surface area (Å²) in [5.41, 5.74) is 4.14. The van der Waals surface area contributed by atoms with Crippen LogP contribution in [0, 0.1) is 0 Å². The molecule has 0 aliphatic rings. The van der Waals surface area contributed by atoms with E-state index in [0.29, 0.717) is 27.9 Å². The Morgan fingerprint density at radius 3 is 2.85 bits per heavy atom. The zero-order chi connectivity index (χ0) is 19.0. The van der Waals surface area contributed by atoms with Crippen molar-refractivity contribution in [2.24, 2.45) is 5.10 Å². The summed E-state index contributed by atoms with van der Waals surface area (Å²) in [6.45, 7) is 1.65. The SMILES string of the molecule is C/C(=N\Nc1nc2ccccc2[nH]c1=O)c1cc2cc(Br)ccc2oc1=O. The summed E-state index contributed by atoms with van der Waals surface area (Å²) in [4.78, 5) is 31.4. The van der Waals surface area contributed by atoms with Crippen molar-refractivity contribution in [3.05, 3.63) is 79.3 Å². The average Bonchev–Trinajstić information content (AvgIpc) is 2.66. The number of H-pyrrole nitrogens is 1. The minimum atomic E-state index is -0.506. The topological polar surface area (TPSA) is 100 Å². The summed E-state index contributed by atoms with van der Waals surface area (Å²) in [5.74, 6) is 0.0426. The fraction of sp³-hybridized carbons (Fsp3) is 0.0526. The number of hydrogen-bond acceptors (Lipinski definition) is 6. The number of anilines is 1. The van der Waals surface area contributed by atoms with E-state index >= 15 is 0 Å². The lowest BCUT2D eigenvalue weighted by atomic mass is 10.1. The molecule has 4 aromatic rings. The summed E-state index contributed by atoms with van der Waals surface area (Å²) in [6.07, 6.45) is 0. The highest BCUT2D eigenvalue weighted by atomic mass is 79.9. The molecule has 2 N–H and O–H groups in total. The normalized spacial score (nSPS) is 11.9. The van der Waals surface area contributed by atoms with Crippen molar-refractivity contribution in [2.75, 3.05) is 5.43 Å². The van der Waals surface area contributed by atoms with Crippen LogP contribution in [0.5, 0.6) is 0 Å². The molecule has 0 fully saturated rings. The van der Waals surface area contributed by atoms with E-state index in [1.54, 1.807) is 37.3 Å². The molecule has 0 saturated carbocycles. The zero-order valence-electron chi connectivity index (χ0n) is 14.1. The molecule has 27 heavy (non-hydrogen) atoms. The number of para-hydroxylation sites is 2. The van der Waals surface area contributed by atoms with Crippen molar-refractivity contribution in [2.45, 2.75) is 6.92 Å². The maximum absolute atomic E-state index is 12.2. The molecular formula is C19H13BrN4O3. The van der Waals surface area contributed by atoms with Gasteiger partial charge < -0.3 is 9.40 Å². The molecule has 134 valence electrons. The van der Waals surface area contributed by atoms with Crippen LogP contribution in [-0.4, -0.2) is 15.7 Å². The lowest BCUT2D eigenvalue weighted by molar-refractivity contribution is 0.559. The summed E-state index contributed by atoms with van der Waals surface area (Å²) >= 11 is 3.39. The Balaban J connectivity index is 1.72. The van der Waals surface area contributed by atoms with Crippen LogP contribution in [0.1, 0.15) is 12.5 Å². The van der Waals surface area contributed by atoms with Crippen LogP contribution < -0.4 is 16.6 Å². The van der Waals surface area contributed by atoms with Gasteiger partial charge in [-0.05, 0) is 43.3 Å². The number of fused-ring (bicyclic) bond motifs is 2. The van der Waals surface area contributed by atoms with Gasteiger partial charge in [-0.15, -0.1) is 0 Å². The minimum absolute atomic E-state index is 0.0426. The first kappa shape index (κ1) is 17.2. The van der Waals surface area contributed by atoms with Gasteiger partial charge in [-0.3, -0.25) is 10.2 Å². The second-order valence-corrected chi connectivity index (χ2v) is 6.79. The van der Waals surface area contributed by atoms with Gasteiger partial charge >= 0.3 is 5.63 Å². The molecule has 0 radical (unpaired) electrons. The first-order valence-electron chi connectivity index (χ1n) is 8.04. The molecule has 0 aliphatic heterocycles. The van der Waals surface area contributed by atoms with Crippen molar-refractivity contribution in [3.63, 3.8) is 0 Å². The molecule has 4 rings (SSSR count). The standard InChI is InChI=1S/C19H13BrN4O3/c1-10(13-9-11-8-12(20)6-7-16(11)27-19(13)26)23-24-17-18(25)22-15-5-3-2-4-14(15)21-17/h2-9H,1H3,(H,21,24)(H,22,25)/b23-10+. The highest BCUT2D eigenvalue weighted by Crippen LogP contribution is 2.19. The summed E-state index contributed by atoms with van der Waals surface area (Å²) in [5, 5.41) is 4.89. The largest absolute Gasteiger partial charge is 0.422 e. The zero-order valence-corrected chi connectivity index (χ0v) is 15.7. The van der Waals surface area contributed by atoms with E-state index < -0.39 is 11.2 Å². The van der Waals surface area contributed by atoms with Gasteiger partial charge in [0.1, 0.15) is 5.58 Å². The molecule has 0 amide bonds. The van der Waals surface area contributed by atoms with E-state index in [-0.39, 0.29) is 5.82 Å². The van der Waals surface area contributed by atoms with E-state index in [1.165, 1.54) is 0 Å². The van der Waals surface area contributed by atoms with Crippen molar-refractivity contribution >= 4 is 49.5 Å². The van der Waals surface area contributed by atoms with Crippen LogP contribution in [0.25, 0.3) is 22.0 Å². The molecule has 0 aliphatic carbocycles. The molecule has 8 heteroatoms. The van der Waals surface area contributed by atoms with Gasteiger partial charge in [0.2, 0.25) is 5.82 Å². The van der Waals surface area contributed by atoms with Gasteiger partial charge in [-0.2, -0.15) is 5.10 Å². The van der Waals surface area contributed by atoms with E-state index in [4.69, 9.17) is 4.42 Å². The molecule has 7 nitrogen and oxygen atoms in total. The second-order valence-electron chi connectivity index (χ2n) is 5.87. The minimum Gasteiger partial charge on any atom is -0.422 e. The Labute approximate surface area is 160 Å². The number of nitrogens with one attached hydrogen (secondary N) is 2. The smallest absolute Gasteiger partial charge is 0.345 e. The number of hydrazone groups is 1. The molecule has 2 heterocycles. The van der Waals surface area contributed by atoms with Crippen LogP contribution in [0.15, 0.2) is 72.1 Å². The third-order valence-electron chi connectivity index (χ3n) is 4.01. The maximum atomic E-state index is 12.2. The van der Waals surface area contributed by atoms with Crippen LogP contribution in [0.4, 0.5) is 5.82 Å². The van der Waals surface area contributed by atoms with E-state index in [0.717, 1.165) is 9.86 Å². The first-order chi connectivity index (χ1) is 13.0. The lowest BCUT2D eigenvalue weighted by Gasteiger charge is -2.04. The Morgan fingerprint density at radius 2 is 2.00 bits per heavy atom. The molecule has 0 spiro atoms. The fourth-order valence-electron chi connectivity index (χ4n) is 2.65. The molecular weight excluding hydrogens is 412 g/mol. The Hall–Kier alpha value is -3.26. The third-order valence-corrected chi connectivity index (χ3v) is 4.51. The molecule has 2 aromatic carbocycles. The van der Waals surface area contributed by atoms with Gasteiger partial charge in [0, 0.05) is 9.86 Å². The predicted octanol–water partition coefficient (Wildman–Crippen LogP) is 3.63. The number of aromatic amines is 1. The molecule has 0 saturated heterocycles. The Morgan fingerprint density at radius 1 is 1.19 bits per heavy atom. The summed E-state index contributed by atoms with van der Waals surface area (Å²) in [6, 6.07) is 14.2. The van der Waals surface area contributed by atoms with Crippen molar-refractivity contribution in [1.29, 1.82) is 0 Å². The van der Waals surface area contributed by atoms with Gasteiger partial charge in [0.15, 0.2) is 0 Å². The first-order valence-corrected chi connectivity index (χ1v) is 8.84. The molecule has 2 aromatic heterocycles. The number of halogens is 1. The summed E-state index contributed by atoms with van der Waals surface area (Å²) < 4.78 is 6.20. The van der Waals surface area contributed by atoms with Crippen molar-refractivity contribution in [3.8, 4) is 0 Å². The third kappa shape index (κ3) is 3.39. The molecule has 0 bridgehead atoms. The molecule has 0 atom stereocenters. The van der Waals surface area contributed by atoms with Crippen LogP contribution in [0.2, 0.25) is 0 Å². The Kier molecular flexibility index (Phi) is 4.33. The highest BCUT2D eigenvalue weighted by Gasteiger charge is 2.10. The van der Waals surface area contributed by atoms with Crippen LogP contribution >= 0.6 is 15.9 Å². The Bertz CT molecular complexity index is 1320. The van der Waals surface area contributed by atoms with Crippen molar-refractivity contribution in [1.82, 2.24) is 9.97 Å².